The molecule has 0 bridgehead atoms. The van der Waals surface area contributed by atoms with Gasteiger partial charge in [-0.25, -0.2) is 0 Å². The summed E-state index contributed by atoms with van der Waals surface area (Å²) in [7, 11) is 0. The molecule has 5 nitrogen and oxygen atoms in total. The quantitative estimate of drug-likeness (QED) is 0.664. The van der Waals surface area contributed by atoms with E-state index < -0.39 is 0 Å². The Morgan fingerprint density at radius 2 is 1.57 bits per heavy atom. The lowest BCUT2D eigenvalue weighted by Gasteiger charge is -2.26. The van der Waals surface area contributed by atoms with E-state index in [1.807, 2.05) is 71.6 Å². The maximum atomic E-state index is 12.6. The molecule has 5 heteroatoms. The molecule has 1 aliphatic rings. The Bertz CT molecular complexity index is 920. The van der Waals surface area contributed by atoms with Crippen LogP contribution in [-0.2, 0) is 0 Å². The highest BCUT2D eigenvalue weighted by molar-refractivity contribution is 5.93. The molecule has 3 aromatic rings. The van der Waals surface area contributed by atoms with Crippen molar-refractivity contribution in [3.63, 3.8) is 0 Å². The number of ether oxygens (including phenoxy) is 1. The number of para-hydroxylation sites is 1. The summed E-state index contributed by atoms with van der Waals surface area (Å²) < 4.78 is 5.81. The number of hydrogen-bond donors (Lipinski definition) is 1. The van der Waals surface area contributed by atoms with E-state index in [0.717, 1.165) is 48.8 Å². The highest BCUT2D eigenvalue weighted by Crippen LogP contribution is 2.24. The summed E-state index contributed by atoms with van der Waals surface area (Å²) >= 11 is 0. The van der Waals surface area contributed by atoms with Crippen molar-refractivity contribution in [1.29, 1.82) is 0 Å². The van der Waals surface area contributed by atoms with Crippen molar-refractivity contribution in [2.24, 2.45) is 0 Å². The molecule has 1 amide bonds. The van der Waals surface area contributed by atoms with Crippen LogP contribution in [0.3, 0.4) is 0 Å². The molecule has 0 atom stereocenters. The van der Waals surface area contributed by atoms with E-state index in [0.29, 0.717) is 5.69 Å². The van der Waals surface area contributed by atoms with E-state index in [1.165, 1.54) is 6.42 Å². The first-order chi connectivity index (χ1) is 13.8. The van der Waals surface area contributed by atoms with E-state index in [2.05, 4.69) is 10.3 Å². The van der Waals surface area contributed by atoms with Gasteiger partial charge in [0.1, 0.15) is 17.2 Å². The Morgan fingerprint density at radius 1 is 0.857 bits per heavy atom. The molecular weight excluding hydrogens is 350 g/mol. The highest BCUT2D eigenvalue weighted by Gasteiger charge is 2.19. The number of piperidine rings is 1. The van der Waals surface area contributed by atoms with Crippen molar-refractivity contribution in [2.45, 2.75) is 19.3 Å². The lowest BCUT2D eigenvalue weighted by atomic mass is 10.1. The molecule has 0 saturated carbocycles. The summed E-state index contributed by atoms with van der Waals surface area (Å²) in [5.74, 6) is 1.58. The first-order valence-corrected chi connectivity index (χ1v) is 9.63. The van der Waals surface area contributed by atoms with Gasteiger partial charge in [-0.1, -0.05) is 18.2 Å². The largest absolute Gasteiger partial charge is 0.457 e. The first-order valence-electron chi connectivity index (χ1n) is 9.63. The molecule has 0 radical (unpaired) electrons. The molecular formula is C23H23N3O2. The van der Waals surface area contributed by atoms with Crippen LogP contribution in [0.4, 0.5) is 11.4 Å². The first kappa shape index (κ1) is 18.0. The second-order valence-electron chi connectivity index (χ2n) is 6.85. The minimum atomic E-state index is 0.00922. The molecule has 28 heavy (non-hydrogen) atoms. The Morgan fingerprint density at radius 3 is 2.32 bits per heavy atom. The molecule has 0 unspecified atom stereocenters. The van der Waals surface area contributed by atoms with Crippen molar-refractivity contribution in [2.75, 3.05) is 18.4 Å². The Labute approximate surface area is 165 Å². The van der Waals surface area contributed by atoms with Crippen LogP contribution in [0.1, 0.15) is 29.8 Å². The van der Waals surface area contributed by atoms with E-state index in [1.54, 1.807) is 6.20 Å². The van der Waals surface area contributed by atoms with Crippen LogP contribution < -0.4 is 10.1 Å². The number of nitrogens with one attached hydrogen (secondary N) is 1. The second kappa shape index (κ2) is 8.57. The van der Waals surface area contributed by atoms with E-state index in [-0.39, 0.29) is 5.91 Å². The average Bonchev–Trinajstić information content (AvgIpc) is 2.76. The number of carbonyl (C=O) groups excluding carboxylic acids is 1. The zero-order valence-corrected chi connectivity index (χ0v) is 15.7. The molecule has 1 aliphatic heterocycles. The summed E-state index contributed by atoms with van der Waals surface area (Å²) in [6.45, 7) is 1.64. The van der Waals surface area contributed by atoms with Crippen LogP contribution in [-0.4, -0.2) is 28.9 Å². The van der Waals surface area contributed by atoms with Gasteiger partial charge in [0.25, 0.3) is 5.91 Å². The Kier molecular flexibility index (Phi) is 5.52. The monoisotopic (exact) mass is 373 g/mol. The SMILES string of the molecule is O=C(c1cc(Nc2ccc(Oc3ccccc3)cc2)ccn1)N1CCCCC1. The van der Waals surface area contributed by atoms with Gasteiger partial charge in [0.05, 0.1) is 0 Å². The van der Waals surface area contributed by atoms with Crippen molar-refractivity contribution in [3.05, 3.63) is 78.6 Å². The zero-order valence-electron chi connectivity index (χ0n) is 15.7. The van der Waals surface area contributed by atoms with Gasteiger partial charge in [-0.15, -0.1) is 0 Å². The lowest BCUT2D eigenvalue weighted by molar-refractivity contribution is 0.0718. The number of amides is 1. The predicted molar refractivity (Wildman–Crippen MR) is 110 cm³/mol. The Balaban J connectivity index is 1.42. The average molecular weight is 373 g/mol. The maximum absolute atomic E-state index is 12.6. The number of rotatable bonds is 5. The third-order valence-corrected chi connectivity index (χ3v) is 4.74. The topological polar surface area (TPSA) is 54.5 Å². The third-order valence-electron chi connectivity index (χ3n) is 4.74. The molecule has 142 valence electrons. The molecule has 1 N–H and O–H groups in total. The molecule has 0 spiro atoms. The van der Waals surface area contributed by atoms with Crippen LogP contribution in [0.25, 0.3) is 0 Å². The van der Waals surface area contributed by atoms with Gasteiger partial charge in [-0.3, -0.25) is 9.78 Å². The number of nitrogens with zero attached hydrogens (tertiary/aromatic N) is 2. The smallest absolute Gasteiger partial charge is 0.272 e. The summed E-state index contributed by atoms with van der Waals surface area (Å²) in [5, 5.41) is 3.33. The number of likely N-dealkylation sites (tertiary alicyclic amines) is 1. The van der Waals surface area contributed by atoms with E-state index in [9.17, 15) is 4.79 Å². The molecule has 0 aliphatic carbocycles. The summed E-state index contributed by atoms with van der Waals surface area (Å²) in [5.41, 5.74) is 2.24. The molecule has 2 aromatic carbocycles. The van der Waals surface area contributed by atoms with E-state index >= 15 is 0 Å². The van der Waals surface area contributed by atoms with E-state index in [4.69, 9.17) is 4.74 Å². The van der Waals surface area contributed by atoms with Crippen LogP contribution in [0.2, 0.25) is 0 Å². The second-order valence-corrected chi connectivity index (χ2v) is 6.85. The summed E-state index contributed by atoms with van der Waals surface area (Å²) in [6, 6.07) is 21.1. The number of carbonyl (C=O) groups is 1. The fourth-order valence-corrected chi connectivity index (χ4v) is 3.28. The number of aromatic nitrogens is 1. The maximum Gasteiger partial charge on any atom is 0.272 e. The highest BCUT2D eigenvalue weighted by atomic mass is 16.5. The van der Waals surface area contributed by atoms with Gasteiger partial charge >= 0.3 is 0 Å². The molecule has 2 heterocycles. The van der Waals surface area contributed by atoms with Crippen LogP contribution >= 0.6 is 0 Å². The lowest BCUT2D eigenvalue weighted by Crippen LogP contribution is -2.36. The normalized spacial score (nSPS) is 13.8. The fourth-order valence-electron chi connectivity index (χ4n) is 3.28. The summed E-state index contributed by atoms with van der Waals surface area (Å²) in [4.78, 5) is 18.8. The Hall–Kier alpha value is -3.34. The van der Waals surface area contributed by atoms with Gasteiger partial charge in [0.2, 0.25) is 0 Å². The molecule has 1 aromatic heterocycles. The van der Waals surface area contributed by atoms with Crippen LogP contribution in [0.5, 0.6) is 11.5 Å². The summed E-state index contributed by atoms with van der Waals surface area (Å²) in [6.07, 6.45) is 5.01. The number of pyridine rings is 1. The minimum Gasteiger partial charge on any atom is -0.457 e. The van der Waals surface area contributed by atoms with Gasteiger partial charge in [0, 0.05) is 30.7 Å². The number of benzene rings is 2. The third kappa shape index (κ3) is 4.49. The van der Waals surface area contributed by atoms with Gasteiger partial charge < -0.3 is 15.0 Å². The zero-order chi connectivity index (χ0) is 19.2. The van der Waals surface area contributed by atoms with Crippen LogP contribution in [0, 0.1) is 0 Å². The molecule has 1 fully saturated rings. The standard InChI is InChI=1S/C23H23N3O2/c27-23(26-15-5-2-6-16-26)22-17-19(13-14-24-22)25-18-9-11-21(12-10-18)28-20-7-3-1-4-8-20/h1,3-4,7-14,17H,2,5-6,15-16H2,(H,24,25). The predicted octanol–water partition coefficient (Wildman–Crippen LogP) is 5.24. The number of anilines is 2. The van der Waals surface area contributed by atoms with Crippen molar-refractivity contribution in [1.82, 2.24) is 9.88 Å². The van der Waals surface area contributed by atoms with Crippen molar-refractivity contribution >= 4 is 17.3 Å². The van der Waals surface area contributed by atoms with Crippen molar-refractivity contribution < 1.29 is 9.53 Å². The van der Waals surface area contributed by atoms with Gasteiger partial charge in [0.15, 0.2) is 0 Å². The van der Waals surface area contributed by atoms with Gasteiger partial charge in [-0.2, -0.15) is 0 Å². The fraction of sp³-hybridized carbons (Fsp3) is 0.217. The van der Waals surface area contributed by atoms with Gasteiger partial charge in [-0.05, 0) is 67.8 Å². The minimum absolute atomic E-state index is 0.00922. The number of hydrogen-bond acceptors (Lipinski definition) is 4. The van der Waals surface area contributed by atoms with Crippen molar-refractivity contribution in [3.8, 4) is 11.5 Å². The molecule has 4 rings (SSSR count). The molecule has 1 saturated heterocycles. The van der Waals surface area contributed by atoms with Crippen LogP contribution in [0.15, 0.2) is 72.9 Å².